The van der Waals surface area contributed by atoms with Gasteiger partial charge in [0.15, 0.2) is 0 Å². The summed E-state index contributed by atoms with van der Waals surface area (Å²) in [6.07, 6.45) is 3.20. The SMILES string of the molecule is Cc1c([N+](=O)[O-])cnn1CCC(=O)NCc1ccn(C)n1. The van der Waals surface area contributed by atoms with Crippen molar-refractivity contribution in [3.63, 3.8) is 0 Å². The molecule has 2 heterocycles. The van der Waals surface area contributed by atoms with Gasteiger partial charge in [-0.3, -0.25) is 24.3 Å². The molecule has 0 unspecified atom stereocenters. The topological polar surface area (TPSA) is 108 Å². The Kier molecular flexibility index (Phi) is 4.31. The first-order valence-corrected chi connectivity index (χ1v) is 6.39. The first-order valence-electron chi connectivity index (χ1n) is 6.39. The molecule has 0 aliphatic carbocycles. The summed E-state index contributed by atoms with van der Waals surface area (Å²) in [5, 5.41) is 21.5. The fourth-order valence-electron chi connectivity index (χ4n) is 1.88. The summed E-state index contributed by atoms with van der Waals surface area (Å²) in [7, 11) is 1.80. The van der Waals surface area contributed by atoms with Crippen LogP contribution in [0.3, 0.4) is 0 Å². The molecule has 0 aliphatic rings. The summed E-state index contributed by atoms with van der Waals surface area (Å²) >= 11 is 0. The lowest BCUT2D eigenvalue weighted by atomic mass is 10.3. The van der Waals surface area contributed by atoms with Crippen molar-refractivity contribution in [1.29, 1.82) is 0 Å². The average Bonchev–Trinajstić information content (AvgIpc) is 3.00. The van der Waals surface area contributed by atoms with Crippen LogP contribution in [0.25, 0.3) is 0 Å². The highest BCUT2D eigenvalue weighted by Gasteiger charge is 2.16. The van der Waals surface area contributed by atoms with Crippen LogP contribution >= 0.6 is 0 Å². The number of hydrogen-bond acceptors (Lipinski definition) is 5. The molecule has 0 aromatic carbocycles. The molecule has 2 rings (SSSR count). The Morgan fingerprint density at radius 3 is 2.86 bits per heavy atom. The van der Waals surface area contributed by atoms with Crippen LogP contribution in [0.4, 0.5) is 5.69 Å². The van der Waals surface area contributed by atoms with E-state index in [4.69, 9.17) is 0 Å². The van der Waals surface area contributed by atoms with Crippen LogP contribution in [0.5, 0.6) is 0 Å². The number of amides is 1. The van der Waals surface area contributed by atoms with Crippen LogP contribution < -0.4 is 5.32 Å². The summed E-state index contributed by atoms with van der Waals surface area (Å²) in [5.41, 5.74) is 1.18. The largest absolute Gasteiger partial charge is 0.350 e. The van der Waals surface area contributed by atoms with Gasteiger partial charge in [0.1, 0.15) is 11.9 Å². The molecule has 0 atom stereocenters. The molecule has 2 aromatic rings. The normalized spacial score (nSPS) is 10.6. The molecule has 9 heteroatoms. The molecule has 0 spiro atoms. The standard InChI is InChI=1S/C12H16N6O3/c1-9-11(18(20)21)8-14-17(9)6-4-12(19)13-7-10-3-5-16(2)15-10/h3,5,8H,4,6-7H2,1-2H3,(H,13,19). The molecule has 0 aliphatic heterocycles. The van der Waals surface area contributed by atoms with E-state index in [2.05, 4.69) is 15.5 Å². The van der Waals surface area contributed by atoms with E-state index in [9.17, 15) is 14.9 Å². The zero-order valence-electron chi connectivity index (χ0n) is 11.8. The molecule has 9 nitrogen and oxygen atoms in total. The van der Waals surface area contributed by atoms with Gasteiger partial charge in [-0.25, -0.2) is 0 Å². The molecular weight excluding hydrogens is 276 g/mol. The van der Waals surface area contributed by atoms with Gasteiger partial charge in [0.05, 0.1) is 23.7 Å². The molecular formula is C12H16N6O3. The van der Waals surface area contributed by atoms with Crippen molar-refractivity contribution in [2.24, 2.45) is 7.05 Å². The zero-order valence-corrected chi connectivity index (χ0v) is 11.8. The van der Waals surface area contributed by atoms with Gasteiger partial charge < -0.3 is 5.32 Å². The maximum absolute atomic E-state index is 11.7. The van der Waals surface area contributed by atoms with Gasteiger partial charge in [0.25, 0.3) is 0 Å². The molecule has 0 radical (unpaired) electrons. The number of carbonyl (C=O) groups excluding carboxylic acids is 1. The van der Waals surface area contributed by atoms with Gasteiger partial charge >= 0.3 is 5.69 Å². The lowest BCUT2D eigenvalue weighted by molar-refractivity contribution is -0.385. The molecule has 21 heavy (non-hydrogen) atoms. The minimum absolute atomic E-state index is 0.0381. The number of nitro groups is 1. The van der Waals surface area contributed by atoms with E-state index in [-0.39, 0.29) is 18.0 Å². The van der Waals surface area contributed by atoms with Crippen LogP contribution in [0.2, 0.25) is 0 Å². The van der Waals surface area contributed by atoms with Crippen molar-refractivity contribution < 1.29 is 9.72 Å². The van der Waals surface area contributed by atoms with Gasteiger partial charge in [-0.1, -0.05) is 0 Å². The van der Waals surface area contributed by atoms with Crippen LogP contribution in [0.15, 0.2) is 18.5 Å². The Bertz CT molecular complexity index is 660. The molecule has 1 N–H and O–H groups in total. The van der Waals surface area contributed by atoms with Gasteiger partial charge in [-0.05, 0) is 13.0 Å². The second-order valence-corrected chi connectivity index (χ2v) is 4.60. The number of nitrogens with zero attached hydrogens (tertiary/aromatic N) is 5. The van der Waals surface area contributed by atoms with E-state index in [1.165, 1.54) is 10.9 Å². The predicted molar refractivity (Wildman–Crippen MR) is 73.3 cm³/mol. The molecule has 1 amide bonds. The number of carbonyl (C=O) groups is 1. The van der Waals surface area contributed by atoms with Crippen molar-refractivity contribution in [3.8, 4) is 0 Å². The fraction of sp³-hybridized carbons (Fsp3) is 0.417. The third-order valence-corrected chi connectivity index (χ3v) is 3.06. The lowest BCUT2D eigenvalue weighted by Crippen LogP contribution is -2.24. The Balaban J connectivity index is 1.82. The molecule has 0 fully saturated rings. The van der Waals surface area contributed by atoms with Crippen molar-refractivity contribution in [2.75, 3.05) is 0 Å². The monoisotopic (exact) mass is 292 g/mol. The average molecular weight is 292 g/mol. The smallest absolute Gasteiger partial charge is 0.309 e. The van der Waals surface area contributed by atoms with Crippen molar-refractivity contribution in [1.82, 2.24) is 24.9 Å². The highest BCUT2D eigenvalue weighted by Crippen LogP contribution is 2.16. The molecule has 0 saturated carbocycles. The van der Waals surface area contributed by atoms with Gasteiger partial charge in [-0.15, -0.1) is 0 Å². The first kappa shape index (κ1) is 14.7. The quantitative estimate of drug-likeness (QED) is 0.617. The van der Waals surface area contributed by atoms with Crippen molar-refractivity contribution >= 4 is 11.6 Å². The summed E-state index contributed by atoms with van der Waals surface area (Å²) in [6, 6.07) is 1.82. The van der Waals surface area contributed by atoms with Gasteiger partial charge in [0, 0.05) is 19.7 Å². The fourth-order valence-corrected chi connectivity index (χ4v) is 1.88. The first-order chi connectivity index (χ1) is 9.97. The van der Waals surface area contributed by atoms with Crippen molar-refractivity contribution in [2.45, 2.75) is 26.4 Å². The van der Waals surface area contributed by atoms with Crippen LogP contribution in [-0.4, -0.2) is 30.4 Å². The summed E-state index contributed by atoms with van der Waals surface area (Å²) in [5.74, 6) is -0.154. The predicted octanol–water partition coefficient (Wildman–Crippen LogP) is 0.540. The lowest BCUT2D eigenvalue weighted by Gasteiger charge is -2.05. The minimum Gasteiger partial charge on any atom is -0.350 e. The second kappa shape index (κ2) is 6.16. The number of hydrogen-bond donors (Lipinski definition) is 1. The van der Waals surface area contributed by atoms with E-state index in [1.807, 2.05) is 6.07 Å². The number of nitrogens with one attached hydrogen (secondary N) is 1. The minimum atomic E-state index is -0.486. The Hall–Kier alpha value is -2.71. The van der Waals surface area contributed by atoms with Crippen LogP contribution in [0, 0.1) is 17.0 Å². The van der Waals surface area contributed by atoms with E-state index < -0.39 is 4.92 Å². The van der Waals surface area contributed by atoms with Crippen molar-refractivity contribution in [3.05, 3.63) is 40.0 Å². The Morgan fingerprint density at radius 2 is 2.29 bits per heavy atom. The van der Waals surface area contributed by atoms with E-state index >= 15 is 0 Å². The van der Waals surface area contributed by atoms with E-state index in [1.54, 1.807) is 24.9 Å². The van der Waals surface area contributed by atoms with E-state index in [0.29, 0.717) is 18.8 Å². The third kappa shape index (κ3) is 3.65. The summed E-state index contributed by atoms with van der Waals surface area (Å²) < 4.78 is 3.12. The summed E-state index contributed by atoms with van der Waals surface area (Å²) in [6.45, 7) is 2.27. The molecule has 112 valence electrons. The van der Waals surface area contributed by atoms with Gasteiger partial charge in [-0.2, -0.15) is 10.2 Å². The van der Waals surface area contributed by atoms with Crippen LogP contribution in [-0.2, 0) is 24.9 Å². The molecule has 2 aromatic heterocycles. The van der Waals surface area contributed by atoms with Gasteiger partial charge in [0.2, 0.25) is 5.91 Å². The molecule has 0 saturated heterocycles. The summed E-state index contributed by atoms with van der Waals surface area (Å²) in [4.78, 5) is 21.9. The number of rotatable bonds is 6. The van der Waals surface area contributed by atoms with Crippen LogP contribution in [0.1, 0.15) is 17.8 Å². The highest BCUT2D eigenvalue weighted by molar-refractivity contribution is 5.75. The third-order valence-electron chi connectivity index (χ3n) is 3.06. The number of aryl methyl sites for hydroxylation is 2. The zero-order chi connectivity index (χ0) is 15.4. The number of aromatic nitrogens is 4. The highest BCUT2D eigenvalue weighted by atomic mass is 16.6. The second-order valence-electron chi connectivity index (χ2n) is 4.60. The molecule has 0 bridgehead atoms. The Labute approximate surface area is 120 Å². The Morgan fingerprint density at radius 1 is 1.52 bits per heavy atom. The maximum atomic E-state index is 11.7. The maximum Gasteiger partial charge on any atom is 0.309 e. The van der Waals surface area contributed by atoms with E-state index in [0.717, 1.165) is 5.69 Å².